The summed E-state index contributed by atoms with van der Waals surface area (Å²) in [5.74, 6) is 3.38. The quantitative estimate of drug-likeness (QED) is 0.115. The Morgan fingerprint density at radius 1 is 0.388 bits per heavy atom. The molecule has 0 N–H and O–H groups in total. The molecule has 11 aromatic carbocycles. The standard InChI is InChI=1S/C30H22N3.C29H29N2.C23H22N5.C14H8N3.4CH3.4Ir.4Y/c1-30(2,33-26-17-9-6-13-22(26)23-14-7-10-18-27(23)33)28-19-31-29-24-15-4-3-11-20(24)21-12-5-8-16-25(21)32(28)29;1-18-10-9-11-19(2)26(18)27-20(3)30-28-23-13-8-7-12-22(23)24-16-21(17-29(4,5)6)14-15-25(24)31(27)28;1-14(2)21-25-26-22(15(3)4)28(21)20-13-24-23-18-11-6-5-9-16(18)17-10-7-8-12-19(17)27(20)23;1-2-7-12-10(5-1)11-6-3-4-8-13(11)17-14(12)15-9-16-17;;;;;;;;;;;;/h3-14,16-19H,1-2H3;7-12,14-16H,17H2,1-6H3;5-10,12-15H,1-4H3;1-7,9H;4*1H3;;;;;;;;/q8*-1;;;;;;;;. The van der Waals surface area contributed by atoms with Crippen molar-refractivity contribution in [1.29, 1.82) is 0 Å². The predicted molar refractivity (Wildman–Crippen MR) is 473 cm³/mol. The van der Waals surface area contributed by atoms with Crippen molar-refractivity contribution in [3.8, 4) is 17.1 Å². The molecule has 0 bridgehead atoms. The van der Waals surface area contributed by atoms with Gasteiger partial charge in [0.05, 0.1) is 45.8 Å². The third-order valence-electron chi connectivity index (χ3n) is 21.5. The summed E-state index contributed by atoms with van der Waals surface area (Å²) in [6.07, 6.45) is 6.61. The van der Waals surface area contributed by atoms with Gasteiger partial charge in [-0.2, -0.15) is 29.4 Å². The average molecular weight is 2600 g/mol. The molecule has 121 heavy (non-hydrogen) atoms. The fraction of sp³-hybridized carbons (Fsp3) is 0.170. The number of para-hydroxylation sites is 5. The topological polar surface area (TPSA) is 118 Å². The summed E-state index contributed by atoms with van der Waals surface area (Å²) in [5, 5.41) is 29.7. The third-order valence-corrected chi connectivity index (χ3v) is 21.5. The fourth-order valence-electron chi connectivity index (χ4n) is 16.8. The van der Waals surface area contributed by atoms with Gasteiger partial charge < -0.3 is 47.5 Å². The van der Waals surface area contributed by atoms with Crippen molar-refractivity contribution in [2.24, 2.45) is 5.41 Å². The molecule has 0 saturated carbocycles. The largest absolute Gasteiger partial charge is 0.358 e. The van der Waals surface area contributed by atoms with Crippen LogP contribution in [0.5, 0.6) is 0 Å². The summed E-state index contributed by atoms with van der Waals surface area (Å²) in [7, 11) is 0. The Kier molecular flexibility index (Phi) is 36.6. The SMILES string of the molecule is CC(C)(c1cnc2c3[c-]cccc3c3ccccc3n12)n1c2ccccc2c2ccccc21.CC(C)c1nnc(C(C)C)n1-c1cnc2c3[c-]cccc3c3ccccc3n12.Cc1cccc(C)c1-c1c(C)nc2c3[c-]cccc3c3cc(CC(C)(C)C)ccc3n12.[CH3-].[CH3-].[CH3-].[CH3-].[Ir].[Ir].[Ir].[Ir].[Y].[Y].[Y].[Y].[c-]1cccc2c3ccccc3c3ncnn3c12. The molecule has 614 valence electrons. The normalized spacial score (nSPS) is 11.0. The summed E-state index contributed by atoms with van der Waals surface area (Å²) >= 11 is 0. The minimum absolute atomic E-state index is 0. The molecule has 8 radical (unpaired) electrons. The van der Waals surface area contributed by atoms with E-state index >= 15 is 0 Å². The number of fused-ring (bicyclic) bond motifs is 27. The molecular formula is C100H93Ir4N13Y4-8. The van der Waals surface area contributed by atoms with Gasteiger partial charge >= 0.3 is 0 Å². The number of rotatable bonds is 7. The Morgan fingerprint density at radius 2 is 0.810 bits per heavy atom. The molecule has 0 atom stereocenters. The second-order valence-electron chi connectivity index (χ2n) is 31.0. The van der Waals surface area contributed by atoms with E-state index in [1.165, 1.54) is 98.5 Å². The Morgan fingerprint density at radius 3 is 1.33 bits per heavy atom. The number of benzene rings is 11. The number of imidazole rings is 3. The van der Waals surface area contributed by atoms with Crippen LogP contribution in [0, 0.1) is 80.2 Å². The van der Waals surface area contributed by atoms with Crippen LogP contribution >= 0.6 is 0 Å². The van der Waals surface area contributed by atoms with E-state index in [9.17, 15) is 0 Å². The summed E-state index contributed by atoms with van der Waals surface area (Å²) < 4.78 is 13.4. The minimum Gasteiger partial charge on any atom is -0.358 e. The van der Waals surface area contributed by atoms with Crippen LogP contribution in [-0.2, 0) is 223 Å². The molecule has 10 heterocycles. The van der Waals surface area contributed by atoms with E-state index in [1.54, 1.807) is 6.33 Å². The maximum Gasteiger partial charge on any atom is 0.160 e. The van der Waals surface area contributed by atoms with E-state index in [0.717, 1.165) is 95.8 Å². The number of hydrogen-bond donors (Lipinski definition) is 0. The van der Waals surface area contributed by atoms with Gasteiger partial charge in [0, 0.05) is 279 Å². The van der Waals surface area contributed by atoms with Crippen LogP contribution in [0.4, 0.5) is 0 Å². The Bertz CT molecular complexity index is 7050. The van der Waals surface area contributed by atoms with Gasteiger partial charge in [-0.15, -0.1) is 105 Å². The first-order valence-electron chi connectivity index (χ1n) is 37.6. The van der Waals surface area contributed by atoms with E-state index in [-0.39, 0.29) is 264 Å². The molecular weight excluding hydrogens is 2510 g/mol. The second kappa shape index (κ2) is 42.6. The van der Waals surface area contributed by atoms with Gasteiger partial charge in [0.2, 0.25) is 0 Å². The number of aromatic nitrogens is 13. The Balaban J connectivity index is 0.000000246. The number of pyridine rings is 4. The van der Waals surface area contributed by atoms with E-state index in [0.29, 0.717) is 0 Å². The summed E-state index contributed by atoms with van der Waals surface area (Å²) in [4.78, 5) is 19.2. The summed E-state index contributed by atoms with van der Waals surface area (Å²) in [5.41, 5.74) is 19.2. The molecule has 0 unspecified atom stereocenters. The zero-order valence-corrected chi connectivity index (χ0v) is 91.9. The van der Waals surface area contributed by atoms with Crippen molar-refractivity contribution in [3.63, 3.8) is 0 Å². The van der Waals surface area contributed by atoms with Crippen LogP contribution < -0.4 is 0 Å². The Labute approximate surface area is 865 Å². The van der Waals surface area contributed by atoms with Gasteiger partial charge in [-0.25, -0.2) is 9.50 Å². The molecule has 0 saturated heterocycles. The van der Waals surface area contributed by atoms with Crippen LogP contribution in [0.1, 0.15) is 114 Å². The van der Waals surface area contributed by atoms with Crippen molar-refractivity contribution in [3.05, 3.63) is 343 Å². The number of aryl methyl sites for hydroxylation is 3. The molecule has 21 heteroatoms. The van der Waals surface area contributed by atoms with Gasteiger partial charge in [0.1, 0.15) is 23.8 Å². The summed E-state index contributed by atoms with van der Waals surface area (Å²) in [6.45, 7) is 26.6. The monoisotopic (exact) mass is 2600 g/mol. The zero-order chi connectivity index (χ0) is 74.7. The first kappa shape index (κ1) is 104. The van der Waals surface area contributed by atoms with E-state index in [4.69, 9.17) is 15.0 Å². The van der Waals surface area contributed by atoms with Gasteiger partial charge in [-0.05, 0) is 115 Å². The third kappa shape index (κ3) is 18.6. The molecule has 21 aromatic rings. The number of hydrogen-bond acceptors (Lipinski definition) is 7. The van der Waals surface area contributed by atoms with E-state index < -0.39 is 0 Å². The first-order valence-corrected chi connectivity index (χ1v) is 37.6. The Hall–Kier alpha value is -5.86. The van der Waals surface area contributed by atoms with Crippen LogP contribution in [0.15, 0.2) is 249 Å². The minimum atomic E-state index is -0.354. The zero-order valence-electron chi connectivity index (χ0n) is 71.0. The predicted octanol–water partition coefficient (Wildman–Crippen LogP) is 24.8. The fourth-order valence-corrected chi connectivity index (χ4v) is 16.8. The average Bonchev–Trinajstić information content (AvgIpc) is 1.57. The maximum absolute atomic E-state index is 5.06. The molecule has 10 aromatic heterocycles. The number of nitrogens with zero attached hydrogens (tertiary/aromatic N) is 13. The van der Waals surface area contributed by atoms with Gasteiger partial charge in [-0.3, -0.25) is 19.5 Å². The molecule has 13 nitrogen and oxygen atoms in total. The molecule has 0 spiro atoms. The van der Waals surface area contributed by atoms with Crippen molar-refractivity contribution in [1.82, 2.24) is 62.1 Å². The van der Waals surface area contributed by atoms with Crippen molar-refractivity contribution in [2.75, 3.05) is 0 Å². The van der Waals surface area contributed by atoms with Crippen LogP contribution in [0.3, 0.4) is 0 Å². The van der Waals surface area contributed by atoms with Crippen molar-refractivity contribution < 1.29 is 211 Å². The smallest absolute Gasteiger partial charge is 0.160 e. The molecule has 0 fully saturated rings. The molecule has 0 amide bonds. The van der Waals surface area contributed by atoms with Crippen LogP contribution in [0.2, 0.25) is 0 Å². The van der Waals surface area contributed by atoms with E-state index in [1.807, 2.05) is 65.4 Å². The summed E-state index contributed by atoms with van der Waals surface area (Å²) in [6, 6.07) is 94.3. The van der Waals surface area contributed by atoms with Gasteiger partial charge in [0.15, 0.2) is 5.65 Å². The van der Waals surface area contributed by atoms with Gasteiger partial charge in [-0.1, -0.05) is 197 Å². The van der Waals surface area contributed by atoms with Crippen LogP contribution in [0.25, 0.3) is 148 Å². The maximum atomic E-state index is 5.06. The first-order chi connectivity index (χ1) is 52.9. The van der Waals surface area contributed by atoms with Crippen molar-refractivity contribution >= 4 is 131 Å². The van der Waals surface area contributed by atoms with Gasteiger partial charge in [0.25, 0.3) is 0 Å². The molecule has 0 aliphatic carbocycles. The van der Waals surface area contributed by atoms with E-state index in [2.05, 4.69) is 332 Å². The molecule has 21 rings (SSSR count). The molecule has 0 aliphatic rings. The van der Waals surface area contributed by atoms with Crippen LogP contribution in [-0.4, -0.2) is 62.1 Å². The second-order valence-corrected chi connectivity index (χ2v) is 31.0. The van der Waals surface area contributed by atoms with Crippen molar-refractivity contribution in [2.45, 2.75) is 107 Å². The molecule has 0 aliphatic heterocycles.